The van der Waals surface area contributed by atoms with Crippen LogP contribution in [0.5, 0.6) is 0 Å². The van der Waals surface area contributed by atoms with Crippen molar-refractivity contribution in [3.05, 3.63) is 36.0 Å². The molecule has 3 nitrogen and oxygen atoms in total. The highest BCUT2D eigenvalue weighted by molar-refractivity contribution is 5.93. The number of fused-ring (bicyclic) bond motifs is 1. The molecular weight excluding hydrogens is 171 g/mol. The van der Waals surface area contributed by atoms with Gasteiger partial charge in [0.05, 0.1) is 6.20 Å². The first-order valence-electron chi connectivity index (χ1n) is 3.83. The molecule has 0 amide bonds. The Morgan fingerprint density at radius 3 is 3.00 bits per heavy atom. The number of imidazole rings is 1. The molecule has 0 saturated heterocycles. The van der Waals surface area contributed by atoms with E-state index in [0.717, 1.165) is 0 Å². The zero-order chi connectivity index (χ0) is 9.42. The molecule has 13 heavy (non-hydrogen) atoms. The summed E-state index contributed by atoms with van der Waals surface area (Å²) in [6.45, 7) is 1.38. The van der Waals surface area contributed by atoms with Gasteiger partial charge in [0.2, 0.25) is 0 Å². The van der Waals surface area contributed by atoms with Crippen molar-refractivity contribution in [2.45, 2.75) is 6.92 Å². The van der Waals surface area contributed by atoms with E-state index >= 15 is 0 Å². The average Bonchev–Trinajstić information content (AvgIpc) is 2.49. The number of Topliss-reactive ketones (excluding diaryl/α,β-unsaturated/α-hetero) is 1. The highest BCUT2D eigenvalue weighted by atomic mass is 19.1. The maximum absolute atomic E-state index is 13.2. The smallest absolute Gasteiger partial charge is 0.199 e. The molecule has 0 aliphatic carbocycles. The van der Waals surface area contributed by atoms with E-state index in [0.29, 0.717) is 5.65 Å². The summed E-state index contributed by atoms with van der Waals surface area (Å²) < 4.78 is 14.4. The molecule has 0 aliphatic rings. The maximum Gasteiger partial charge on any atom is 0.199 e. The number of hydrogen-bond donors (Lipinski definition) is 0. The lowest BCUT2D eigenvalue weighted by atomic mass is 10.3. The molecule has 0 atom stereocenters. The first-order valence-corrected chi connectivity index (χ1v) is 3.83. The van der Waals surface area contributed by atoms with Gasteiger partial charge in [0.25, 0.3) is 0 Å². The standard InChI is InChI=1S/C9H7FN2O/c1-6(13)7-5-11-9-4-2-3-8(10)12(7)9/h2-5H,1H3. The summed E-state index contributed by atoms with van der Waals surface area (Å²) in [6.07, 6.45) is 1.38. The van der Waals surface area contributed by atoms with E-state index in [4.69, 9.17) is 0 Å². The number of halogens is 1. The van der Waals surface area contributed by atoms with Crippen LogP contribution in [0.4, 0.5) is 4.39 Å². The minimum absolute atomic E-state index is 0.197. The van der Waals surface area contributed by atoms with Crippen molar-refractivity contribution < 1.29 is 9.18 Å². The minimum atomic E-state index is -0.472. The third kappa shape index (κ3) is 1.11. The molecule has 0 bridgehead atoms. The molecule has 0 spiro atoms. The van der Waals surface area contributed by atoms with Gasteiger partial charge in [-0.25, -0.2) is 4.98 Å². The van der Waals surface area contributed by atoms with Gasteiger partial charge in [0.1, 0.15) is 11.3 Å². The molecular formula is C9H7FN2O. The number of carbonyl (C=O) groups is 1. The zero-order valence-electron chi connectivity index (χ0n) is 6.99. The summed E-state index contributed by atoms with van der Waals surface area (Å²) >= 11 is 0. The van der Waals surface area contributed by atoms with Crippen LogP contribution in [0.15, 0.2) is 24.4 Å². The second kappa shape index (κ2) is 2.65. The summed E-state index contributed by atoms with van der Waals surface area (Å²) in [4.78, 5) is 14.9. The van der Waals surface area contributed by atoms with Crippen LogP contribution in [-0.4, -0.2) is 15.2 Å². The van der Waals surface area contributed by atoms with E-state index in [2.05, 4.69) is 4.98 Å². The predicted molar refractivity (Wildman–Crippen MR) is 45.2 cm³/mol. The molecule has 0 unspecified atom stereocenters. The Bertz CT molecular complexity index is 475. The Hall–Kier alpha value is -1.71. The van der Waals surface area contributed by atoms with Crippen molar-refractivity contribution in [2.24, 2.45) is 0 Å². The van der Waals surface area contributed by atoms with Crippen molar-refractivity contribution in [1.82, 2.24) is 9.38 Å². The summed E-state index contributed by atoms with van der Waals surface area (Å²) in [6, 6.07) is 4.50. The Balaban J connectivity index is 2.86. The highest BCUT2D eigenvalue weighted by Gasteiger charge is 2.09. The van der Waals surface area contributed by atoms with Crippen LogP contribution in [0.2, 0.25) is 0 Å². The van der Waals surface area contributed by atoms with Crippen LogP contribution in [0.1, 0.15) is 17.4 Å². The van der Waals surface area contributed by atoms with E-state index in [1.165, 1.54) is 23.6 Å². The fourth-order valence-corrected chi connectivity index (χ4v) is 1.24. The average molecular weight is 178 g/mol. The van der Waals surface area contributed by atoms with Gasteiger partial charge in [-0.2, -0.15) is 4.39 Å². The molecule has 0 radical (unpaired) electrons. The lowest BCUT2D eigenvalue weighted by molar-refractivity contribution is 0.101. The van der Waals surface area contributed by atoms with Crippen molar-refractivity contribution >= 4 is 11.4 Å². The number of nitrogens with zero attached hydrogens (tertiary/aromatic N) is 2. The molecule has 2 heterocycles. The highest BCUT2D eigenvalue weighted by Crippen LogP contribution is 2.09. The quantitative estimate of drug-likeness (QED) is 0.491. The lowest BCUT2D eigenvalue weighted by Crippen LogP contribution is -2.01. The Labute approximate surface area is 73.8 Å². The van der Waals surface area contributed by atoms with E-state index < -0.39 is 5.95 Å². The molecule has 66 valence electrons. The molecule has 2 rings (SSSR count). The summed E-state index contributed by atoms with van der Waals surface area (Å²) in [5.41, 5.74) is 0.721. The van der Waals surface area contributed by atoms with E-state index in [9.17, 15) is 9.18 Å². The Morgan fingerprint density at radius 1 is 1.54 bits per heavy atom. The number of rotatable bonds is 1. The Morgan fingerprint density at radius 2 is 2.31 bits per heavy atom. The number of pyridine rings is 1. The van der Waals surface area contributed by atoms with Crippen LogP contribution in [0.3, 0.4) is 0 Å². The first-order chi connectivity index (χ1) is 6.20. The number of ketones is 1. The summed E-state index contributed by atoms with van der Waals surface area (Å²) in [5, 5.41) is 0. The van der Waals surface area contributed by atoms with Gasteiger partial charge in [-0.3, -0.25) is 9.20 Å². The van der Waals surface area contributed by atoms with Crippen molar-refractivity contribution in [3.8, 4) is 0 Å². The molecule has 0 N–H and O–H groups in total. The van der Waals surface area contributed by atoms with Gasteiger partial charge in [-0.1, -0.05) is 6.07 Å². The fraction of sp³-hybridized carbons (Fsp3) is 0.111. The van der Waals surface area contributed by atoms with Crippen LogP contribution in [0, 0.1) is 5.95 Å². The minimum Gasteiger partial charge on any atom is -0.293 e. The van der Waals surface area contributed by atoms with Crippen molar-refractivity contribution in [1.29, 1.82) is 0 Å². The molecule has 2 aromatic heterocycles. The van der Waals surface area contributed by atoms with Gasteiger partial charge < -0.3 is 0 Å². The van der Waals surface area contributed by atoms with Crippen molar-refractivity contribution in [3.63, 3.8) is 0 Å². The third-order valence-corrected chi connectivity index (χ3v) is 1.84. The molecule has 2 aromatic rings. The number of hydrogen-bond acceptors (Lipinski definition) is 2. The summed E-state index contributed by atoms with van der Waals surface area (Å²) in [7, 11) is 0. The first kappa shape index (κ1) is 7.91. The maximum atomic E-state index is 13.2. The molecule has 4 heteroatoms. The van der Waals surface area contributed by atoms with Crippen LogP contribution < -0.4 is 0 Å². The SMILES string of the molecule is CC(=O)c1cnc2cccc(F)n12. The molecule has 0 fully saturated rings. The van der Waals surface area contributed by atoms with Crippen molar-refractivity contribution in [2.75, 3.05) is 0 Å². The van der Waals surface area contributed by atoms with E-state index in [1.54, 1.807) is 12.1 Å². The molecule has 0 aliphatic heterocycles. The van der Waals surface area contributed by atoms with Gasteiger partial charge >= 0.3 is 0 Å². The van der Waals surface area contributed by atoms with Gasteiger partial charge in [0.15, 0.2) is 11.7 Å². The van der Waals surface area contributed by atoms with Crippen LogP contribution in [-0.2, 0) is 0 Å². The Kier molecular flexibility index (Phi) is 1.62. The largest absolute Gasteiger partial charge is 0.293 e. The van der Waals surface area contributed by atoms with Gasteiger partial charge in [0, 0.05) is 6.92 Å². The predicted octanol–water partition coefficient (Wildman–Crippen LogP) is 1.68. The van der Waals surface area contributed by atoms with Gasteiger partial charge in [-0.15, -0.1) is 0 Å². The monoisotopic (exact) mass is 178 g/mol. The fourth-order valence-electron chi connectivity index (χ4n) is 1.24. The topological polar surface area (TPSA) is 34.4 Å². The second-order valence-corrected chi connectivity index (χ2v) is 2.74. The van der Waals surface area contributed by atoms with Crippen LogP contribution >= 0.6 is 0 Å². The molecule has 0 aromatic carbocycles. The number of carbonyl (C=O) groups excluding carboxylic acids is 1. The van der Waals surface area contributed by atoms with E-state index in [1.807, 2.05) is 0 Å². The lowest BCUT2D eigenvalue weighted by Gasteiger charge is -1.97. The zero-order valence-corrected chi connectivity index (χ0v) is 6.99. The second-order valence-electron chi connectivity index (χ2n) is 2.74. The summed E-state index contributed by atoms with van der Waals surface area (Å²) in [5.74, 6) is -0.669. The normalized spacial score (nSPS) is 10.6. The van der Waals surface area contributed by atoms with E-state index in [-0.39, 0.29) is 11.5 Å². The van der Waals surface area contributed by atoms with Gasteiger partial charge in [-0.05, 0) is 12.1 Å². The number of aromatic nitrogens is 2. The third-order valence-electron chi connectivity index (χ3n) is 1.84. The van der Waals surface area contributed by atoms with Crippen LogP contribution in [0.25, 0.3) is 5.65 Å². The molecule has 0 saturated carbocycles.